The highest BCUT2D eigenvalue weighted by Crippen LogP contribution is 2.20. The largest absolute Gasteiger partial charge is 0.294 e. The van der Waals surface area contributed by atoms with E-state index in [1.165, 1.54) is 0 Å². The zero-order valence-corrected chi connectivity index (χ0v) is 14.7. The van der Waals surface area contributed by atoms with Crippen molar-refractivity contribution in [2.75, 3.05) is 11.5 Å². The van der Waals surface area contributed by atoms with Gasteiger partial charge in [-0.2, -0.15) is 12.3 Å². The van der Waals surface area contributed by atoms with Crippen LogP contribution in [0.5, 0.6) is 0 Å². The number of halogens is 1. The van der Waals surface area contributed by atoms with Crippen molar-refractivity contribution in [3.8, 4) is 0 Å². The van der Waals surface area contributed by atoms with E-state index < -0.39 is 21.8 Å². The average Bonchev–Trinajstić information content (AvgIpc) is 2.48. The lowest BCUT2D eigenvalue weighted by molar-refractivity contribution is 0.0914. The van der Waals surface area contributed by atoms with E-state index in [9.17, 15) is 17.1 Å². The maximum atomic E-state index is 12.3. The van der Waals surface area contributed by atoms with Gasteiger partial charge in [0.25, 0.3) is 10.1 Å². The number of rotatable bonds is 8. The van der Waals surface area contributed by atoms with Gasteiger partial charge in [-0.25, -0.2) is 0 Å². The Morgan fingerprint density at radius 2 is 1.77 bits per heavy atom. The fraction of sp³-hybridized carbons (Fsp3) is 0.533. The molecule has 0 heterocycles. The second-order valence-corrected chi connectivity index (χ2v) is 6.80. The molecule has 1 N–H and O–H groups in total. The highest BCUT2D eigenvalue weighted by Gasteiger charge is 2.22. The van der Waals surface area contributed by atoms with Crippen LogP contribution < -0.4 is 0 Å². The van der Waals surface area contributed by atoms with Crippen LogP contribution in [0.1, 0.15) is 42.6 Å². The SMILES string of the molecule is CC.Cc1ccc(C(=O)C(CCSF)CCS(=O)(=O)O)cc1. The standard InChI is InChI=1S/C13H17FO4S2.C2H6/c1-10-2-4-11(5-3-10)13(15)12(6-8-19-14)7-9-20(16,17)18;1-2/h2-5,12H,6-9H2,1H3,(H,16,17,18);1-2H3. The van der Waals surface area contributed by atoms with Crippen molar-refractivity contribution in [2.24, 2.45) is 5.92 Å². The summed E-state index contributed by atoms with van der Waals surface area (Å²) in [4.78, 5) is 12.3. The van der Waals surface area contributed by atoms with Gasteiger partial charge in [0.2, 0.25) is 0 Å². The van der Waals surface area contributed by atoms with Crippen molar-refractivity contribution in [3.63, 3.8) is 0 Å². The van der Waals surface area contributed by atoms with Crippen LogP contribution in [0.15, 0.2) is 24.3 Å². The first kappa shape index (κ1) is 21.1. The molecule has 22 heavy (non-hydrogen) atoms. The normalized spacial score (nSPS) is 12.2. The molecule has 0 radical (unpaired) electrons. The van der Waals surface area contributed by atoms with E-state index >= 15 is 0 Å². The molecule has 0 spiro atoms. The Bertz CT molecular complexity index is 541. The van der Waals surface area contributed by atoms with Gasteiger partial charge in [-0.05, 0) is 19.8 Å². The topological polar surface area (TPSA) is 71.4 Å². The minimum Gasteiger partial charge on any atom is -0.294 e. The summed E-state index contributed by atoms with van der Waals surface area (Å²) in [7, 11) is -4.12. The molecule has 1 rings (SSSR count). The molecule has 4 nitrogen and oxygen atoms in total. The summed E-state index contributed by atoms with van der Waals surface area (Å²) in [5.41, 5.74) is 1.48. The molecular formula is C15H23FO4S2. The number of benzene rings is 1. The Labute approximate surface area is 136 Å². The van der Waals surface area contributed by atoms with Gasteiger partial charge >= 0.3 is 0 Å². The molecule has 1 atom stereocenters. The Morgan fingerprint density at radius 1 is 1.23 bits per heavy atom. The van der Waals surface area contributed by atoms with Crippen molar-refractivity contribution in [1.82, 2.24) is 0 Å². The Kier molecular flexibility index (Phi) is 10.3. The van der Waals surface area contributed by atoms with Crippen LogP contribution in [-0.2, 0) is 10.1 Å². The van der Waals surface area contributed by atoms with Crippen LogP contribution in [0.2, 0.25) is 0 Å². The van der Waals surface area contributed by atoms with E-state index in [0.29, 0.717) is 5.56 Å². The predicted molar refractivity (Wildman–Crippen MR) is 89.6 cm³/mol. The molecule has 0 aliphatic rings. The van der Waals surface area contributed by atoms with E-state index in [1.807, 2.05) is 20.8 Å². The number of carbonyl (C=O) groups excluding carboxylic acids is 1. The van der Waals surface area contributed by atoms with Crippen molar-refractivity contribution < 1.29 is 21.7 Å². The smallest absolute Gasteiger partial charge is 0.264 e. The van der Waals surface area contributed by atoms with E-state index in [2.05, 4.69) is 0 Å². The summed E-state index contributed by atoms with van der Waals surface area (Å²) < 4.78 is 42.5. The molecule has 0 aromatic heterocycles. The molecule has 0 aliphatic heterocycles. The summed E-state index contributed by atoms with van der Waals surface area (Å²) in [6, 6.07) is 6.91. The number of hydrogen-bond donors (Lipinski definition) is 1. The second-order valence-electron chi connectivity index (χ2n) is 4.60. The highest BCUT2D eigenvalue weighted by molar-refractivity contribution is 7.94. The summed E-state index contributed by atoms with van der Waals surface area (Å²) in [5.74, 6) is -1.20. The van der Waals surface area contributed by atoms with Crippen LogP contribution in [0.25, 0.3) is 0 Å². The zero-order valence-electron chi connectivity index (χ0n) is 13.1. The molecular weight excluding hydrogens is 327 g/mol. The fourth-order valence-corrected chi connectivity index (χ4v) is 2.79. The molecule has 1 aromatic rings. The summed E-state index contributed by atoms with van der Waals surface area (Å²) in [6.07, 6.45) is 0.232. The maximum absolute atomic E-state index is 12.3. The van der Waals surface area contributed by atoms with Gasteiger partial charge < -0.3 is 0 Å². The lowest BCUT2D eigenvalue weighted by Crippen LogP contribution is -2.19. The zero-order chi connectivity index (χ0) is 17.2. The fourth-order valence-electron chi connectivity index (χ4n) is 1.84. The van der Waals surface area contributed by atoms with Gasteiger partial charge in [-0.3, -0.25) is 9.35 Å². The number of aryl methyl sites for hydroxylation is 1. The first-order chi connectivity index (χ1) is 10.3. The lowest BCUT2D eigenvalue weighted by atomic mass is 9.92. The van der Waals surface area contributed by atoms with Crippen LogP contribution in [0.3, 0.4) is 0 Å². The number of carbonyl (C=O) groups is 1. The molecule has 7 heteroatoms. The van der Waals surface area contributed by atoms with Crippen LogP contribution in [0.4, 0.5) is 3.89 Å². The number of ketones is 1. The lowest BCUT2D eigenvalue weighted by Gasteiger charge is -2.14. The van der Waals surface area contributed by atoms with Crippen LogP contribution in [-0.4, -0.2) is 30.3 Å². The quantitative estimate of drug-likeness (QED) is 0.564. The molecule has 0 saturated heterocycles. The average molecular weight is 350 g/mol. The molecule has 0 saturated carbocycles. The molecule has 1 unspecified atom stereocenters. The Hall–Kier alpha value is -0.920. The molecule has 126 valence electrons. The van der Waals surface area contributed by atoms with Crippen LogP contribution in [0, 0.1) is 12.8 Å². The van der Waals surface area contributed by atoms with Gasteiger partial charge in [0.15, 0.2) is 5.78 Å². The molecule has 0 aliphatic carbocycles. The Balaban J connectivity index is 0.00000211. The van der Waals surface area contributed by atoms with Gasteiger partial charge in [-0.15, -0.1) is 0 Å². The predicted octanol–water partition coefficient (Wildman–Crippen LogP) is 4.11. The van der Waals surface area contributed by atoms with Crippen molar-refractivity contribution in [3.05, 3.63) is 35.4 Å². The summed E-state index contributed by atoms with van der Waals surface area (Å²) in [6.45, 7) is 5.89. The highest BCUT2D eigenvalue weighted by atomic mass is 32.2. The van der Waals surface area contributed by atoms with Crippen molar-refractivity contribution in [2.45, 2.75) is 33.6 Å². The third-order valence-electron chi connectivity index (χ3n) is 2.97. The second kappa shape index (κ2) is 10.7. The van der Waals surface area contributed by atoms with Gasteiger partial charge in [0.05, 0.1) is 5.75 Å². The Morgan fingerprint density at radius 3 is 2.23 bits per heavy atom. The third kappa shape index (κ3) is 8.51. The van der Waals surface area contributed by atoms with Gasteiger partial charge in [0, 0.05) is 29.4 Å². The first-order valence-corrected chi connectivity index (χ1v) is 9.62. The monoisotopic (exact) mass is 350 g/mol. The maximum Gasteiger partial charge on any atom is 0.264 e. The van der Waals surface area contributed by atoms with Gasteiger partial charge in [0.1, 0.15) is 0 Å². The van der Waals surface area contributed by atoms with Gasteiger partial charge in [-0.1, -0.05) is 43.7 Å². The minimum atomic E-state index is -4.12. The van der Waals surface area contributed by atoms with E-state index in [4.69, 9.17) is 4.55 Å². The molecule has 1 aromatic carbocycles. The number of hydrogen-bond acceptors (Lipinski definition) is 4. The number of Topliss-reactive ketones (excluding diaryl/α,β-unsaturated/α-hetero) is 1. The van der Waals surface area contributed by atoms with E-state index in [-0.39, 0.29) is 36.5 Å². The third-order valence-corrected chi connectivity index (χ3v) is 4.12. The van der Waals surface area contributed by atoms with Crippen LogP contribution >= 0.6 is 12.1 Å². The molecule has 0 bridgehead atoms. The minimum absolute atomic E-state index is 0.00783. The first-order valence-electron chi connectivity index (χ1n) is 7.13. The summed E-state index contributed by atoms with van der Waals surface area (Å²) in [5, 5.41) is 0. The molecule has 0 amide bonds. The summed E-state index contributed by atoms with van der Waals surface area (Å²) >= 11 is 0.114. The van der Waals surface area contributed by atoms with Crippen molar-refractivity contribution in [1.29, 1.82) is 0 Å². The van der Waals surface area contributed by atoms with E-state index in [0.717, 1.165) is 5.56 Å². The molecule has 0 fully saturated rings. The van der Waals surface area contributed by atoms with Crippen molar-refractivity contribution >= 4 is 28.0 Å². The van der Waals surface area contributed by atoms with E-state index in [1.54, 1.807) is 24.3 Å².